The van der Waals surface area contributed by atoms with Crippen LogP contribution < -0.4 is 4.40 Å². The van der Waals surface area contributed by atoms with Crippen molar-refractivity contribution in [2.24, 2.45) is 5.92 Å². The topological polar surface area (TPSA) is 56.7 Å². The molecule has 0 atom stereocenters. The summed E-state index contributed by atoms with van der Waals surface area (Å²) < 4.78 is 10.4. The maximum absolute atomic E-state index is 6.54. The average Bonchev–Trinajstić information content (AvgIpc) is 3.79. The van der Waals surface area contributed by atoms with Crippen molar-refractivity contribution in [3.05, 3.63) is 162 Å². The molecule has 7 heteroatoms. The van der Waals surface area contributed by atoms with E-state index in [4.69, 9.17) is 19.4 Å². The number of aromatic nitrogens is 4. The van der Waals surface area contributed by atoms with Crippen molar-refractivity contribution in [1.29, 1.82) is 0 Å². The van der Waals surface area contributed by atoms with E-state index in [1.807, 2.05) is 37.3 Å². The third-order valence-electron chi connectivity index (χ3n) is 11.2. The van der Waals surface area contributed by atoms with Crippen LogP contribution in [0.4, 0.5) is 0 Å². The third-order valence-corrected chi connectivity index (χ3v) is 15.6. The zero-order chi connectivity index (χ0) is 42.3. The second-order valence-electron chi connectivity index (χ2n) is 17.8. The van der Waals surface area contributed by atoms with Crippen molar-refractivity contribution in [3.8, 4) is 39.5 Å². The normalized spacial score (nSPS) is 11.7. The van der Waals surface area contributed by atoms with E-state index in [-0.39, 0.29) is 20.1 Å². The molecule has 0 unspecified atom stereocenters. The molecule has 0 N–H and O–H groups in total. The molecule has 4 heterocycles. The molecule has 1 radical (unpaired) electrons. The Labute approximate surface area is 377 Å². The fourth-order valence-electron chi connectivity index (χ4n) is 8.45. The van der Waals surface area contributed by atoms with E-state index in [1.54, 1.807) is 4.40 Å². The van der Waals surface area contributed by atoms with Crippen molar-refractivity contribution in [2.45, 2.75) is 78.1 Å². The van der Waals surface area contributed by atoms with E-state index < -0.39 is 13.3 Å². The van der Waals surface area contributed by atoms with Gasteiger partial charge in [0.25, 0.3) is 0 Å². The van der Waals surface area contributed by atoms with Gasteiger partial charge in [0.1, 0.15) is 0 Å². The second kappa shape index (κ2) is 18.1. The smallest absolute Gasteiger partial charge is 0.216 e. The number of aryl methyl sites for hydroxylation is 3. The summed E-state index contributed by atoms with van der Waals surface area (Å²) >= 11 is -1.86. The standard InChI is InChI=1S/C36H30N3O.C18H24GeN.Ir/c1-21(2)27-17-18-29(34-32(27)28-16-15-24(5)37-36(28)40-34)35-38-30-13-9-10-14-31(30)39(35)33-22(3)19-26(20-23(33)4)25-11-7-6-8-12-25;1-14(2)11-16-12-18(15-9-7-6-8-10-15)20-13-17(16)19(3,4)5;/h6-17,19-21H,1-5H3;6-9,12-14H,11H2,1-5H3;/q2*-1;. The quantitative estimate of drug-likeness (QED) is 0.112. The zero-order valence-corrected chi connectivity index (χ0v) is 41.4. The van der Waals surface area contributed by atoms with E-state index in [0.29, 0.717) is 17.5 Å². The maximum atomic E-state index is 6.54. The van der Waals surface area contributed by atoms with Crippen LogP contribution in [0.15, 0.2) is 126 Å². The summed E-state index contributed by atoms with van der Waals surface area (Å²) in [5.74, 6) is 9.12. The van der Waals surface area contributed by atoms with Gasteiger partial charge in [-0.05, 0) is 79.4 Å². The number of imidazole rings is 1. The maximum Gasteiger partial charge on any atom is 0.216 e. The number of hydrogen-bond acceptors (Lipinski definition) is 4. The summed E-state index contributed by atoms with van der Waals surface area (Å²) in [6.07, 6.45) is 3.27. The Balaban J connectivity index is 0.000000226. The van der Waals surface area contributed by atoms with Crippen LogP contribution in [0, 0.1) is 38.8 Å². The van der Waals surface area contributed by atoms with Crippen LogP contribution in [0.1, 0.15) is 61.6 Å². The first-order valence-electron chi connectivity index (χ1n) is 21.1. The summed E-state index contributed by atoms with van der Waals surface area (Å²) in [6.45, 7) is 15.3. The molecule has 0 fully saturated rings. The molecular formula is C54H54GeIrN4O-2. The van der Waals surface area contributed by atoms with Gasteiger partial charge in [-0.15, -0.1) is 17.7 Å². The molecule has 4 aromatic heterocycles. The first-order chi connectivity index (χ1) is 28.8. The number of benzene rings is 5. The van der Waals surface area contributed by atoms with Gasteiger partial charge in [0, 0.05) is 36.9 Å². The Morgan fingerprint density at radius 2 is 1.46 bits per heavy atom. The number of fused-ring (bicyclic) bond motifs is 4. The van der Waals surface area contributed by atoms with Gasteiger partial charge in [-0.2, -0.15) is 0 Å². The fraction of sp³-hybridized carbons (Fsp3) is 0.241. The van der Waals surface area contributed by atoms with Crippen LogP contribution in [0.3, 0.4) is 0 Å². The molecule has 5 aromatic carbocycles. The van der Waals surface area contributed by atoms with E-state index in [2.05, 4.69) is 167 Å². The minimum absolute atomic E-state index is 0. The van der Waals surface area contributed by atoms with Gasteiger partial charge in [0.15, 0.2) is 0 Å². The molecular weight excluding hydrogens is 985 g/mol. The molecule has 9 rings (SSSR count). The van der Waals surface area contributed by atoms with Crippen LogP contribution in [0.2, 0.25) is 17.3 Å². The number of rotatable bonds is 8. The monoisotopic (exact) mass is 1040 g/mol. The minimum Gasteiger partial charge on any atom is -0.486 e. The van der Waals surface area contributed by atoms with E-state index in [0.717, 1.165) is 67.8 Å². The summed E-state index contributed by atoms with van der Waals surface area (Å²) in [4.78, 5) is 14.6. The zero-order valence-electron chi connectivity index (χ0n) is 36.9. The first-order valence-corrected chi connectivity index (χ1v) is 28.5. The summed E-state index contributed by atoms with van der Waals surface area (Å²) in [5.41, 5.74) is 15.9. The molecule has 0 spiro atoms. The van der Waals surface area contributed by atoms with Gasteiger partial charge in [0.05, 0.1) is 22.4 Å². The van der Waals surface area contributed by atoms with Crippen molar-refractivity contribution in [1.82, 2.24) is 19.5 Å². The minimum atomic E-state index is -1.86. The SMILES string of the molecule is CC(C)Cc1cc(-c2[c-]cccc2)nc[c]1[Ge]([CH3])([CH3])[CH3].Cc1ccc2c(n1)oc1c(-c3nc4ccccc4n3-c3c(C)cc(-c4ccccc4)cc3C)[c-]cc(C(C)C)c12.[Ir]. The van der Waals surface area contributed by atoms with Crippen molar-refractivity contribution in [2.75, 3.05) is 0 Å². The summed E-state index contributed by atoms with van der Waals surface area (Å²) in [7, 11) is 0. The van der Waals surface area contributed by atoms with Crippen LogP contribution >= 0.6 is 0 Å². The Kier molecular flexibility index (Phi) is 13.0. The Morgan fingerprint density at radius 1 is 0.754 bits per heavy atom. The van der Waals surface area contributed by atoms with Crippen LogP contribution in [0.25, 0.3) is 72.6 Å². The molecule has 0 saturated carbocycles. The Bertz CT molecular complexity index is 2950. The Hall–Kier alpha value is -5.14. The molecule has 311 valence electrons. The number of nitrogens with zero attached hydrogens (tertiary/aromatic N) is 4. The Morgan fingerprint density at radius 3 is 2.13 bits per heavy atom. The second-order valence-corrected chi connectivity index (χ2v) is 28.4. The first kappa shape index (κ1) is 43.9. The van der Waals surface area contributed by atoms with Gasteiger partial charge in [-0.3, -0.25) is 4.98 Å². The van der Waals surface area contributed by atoms with Gasteiger partial charge < -0.3 is 8.98 Å². The van der Waals surface area contributed by atoms with E-state index in [1.165, 1.54) is 33.4 Å². The van der Waals surface area contributed by atoms with E-state index >= 15 is 0 Å². The fourth-order valence-corrected chi connectivity index (χ4v) is 11.8. The molecule has 0 aliphatic rings. The van der Waals surface area contributed by atoms with Crippen LogP contribution in [0.5, 0.6) is 0 Å². The van der Waals surface area contributed by atoms with Crippen molar-refractivity contribution < 1.29 is 24.5 Å². The largest absolute Gasteiger partial charge is 0.486 e. The predicted octanol–water partition coefficient (Wildman–Crippen LogP) is 13.8. The molecule has 0 bridgehead atoms. The molecule has 61 heavy (non-hydrogen) atoms. The third kappa shape index (κ3) is 8.95. The number of furan rings is 1. The van der Waals surface area contributed by atoms with Crippen molar-refractivity contribution >= 4 is 50.8 Å². The molecule has 0 aliphatic heterocycles. The van der Waals surface area contributed by atoms with Gasteiger partial charge in [-0.1, -0.05) is 73.2 Å². The average molecular weight is 1040 g/mol. The predicted molar refractivity (Wildman–Crippen MR) is 254 cm³/mol. The van der Waals surface area contributed by atoms with Crippen LogP contribution in [-0.4, -0.2) is 32.8 Å². The molecule has 0 amide bonds. The summed E-state index contributed by atoms with van der Waals surface area (Å²) in [5, 5.41) is 2.12. The molecule has 0 aliphatic carbocycles. The molecule has 9 aromatic rings. The number of pyridine rings is 2. The van der Waals surface area contributed by atoms with E-state index in [9.17, 15) is 0 Å². The van der Waals surface area contributed by atoms with Crippen LogP contribution in [-0.2, 0) is 26.5 Å². The van der Waals surface area contributed by atoms with Gasteiger partial charge in [0.2, 0.25) is 5.71 Å². The van der Waals surface area contributed by atoms with Crippen molar-refractivity contribution in [3.63, 3.8) is 0 Å². The number of hydrogen-bond donors (Lipinski definition) is 0. The van der Waals surface area contributed by atoms with Gasteiger partial charge in [-0.25, -0.2) is 4.98 Å². The summed E-state index contributed by atoms with van der Waals surface area (Å²) in [6, 6.07) is 46.9. The molecule has 0 saturated heterocycles. The number of para-hydroxylation sites is 2. The molecule has 5 nitrogen and oxygen atoms in total. The van der Waals surface area contributed by atoms with Gasteiger partial charge >= 0.3 is 126 Å².